The number of aromatic amines is 1. The van der Waals surface area contributed by atoms with Gasteiger partial charge >= 0.3 is 0 Å². The number of hydrogen-bond donors (Lipinski definition) is 1. The van der Waals surface area contributed by atoms with Crippen LogP contribution in [0.15, 0.2) is 12.4 Å². The van der Waals surface area contributed by atoms with E-state index in [1.54, 1.807) is 4.68 Å². The molecule has 0 radical (unpaired) electrons. The fourth-order valence-corrected chi connectivity index (χ4v) is 4.84. The number of carbonyl (C=O) groups excluding carboxylic acids is 1. The van der Waals surface area contributed by atoms with E-state index in [2.05, 4.69) is 28.8 Å². The zero-order valence-electron chi connectivity index (χ0n) is 16.8. The quantitative estimate of drug-likeness (QED) is 0.898. The Kier molecular flexibility index (Phi) is 4.58. The van der Waals surface area contributed by atoms with Gasteiger partial charge in [-0.2, -0.15) is 5.10 Å². The van der Waals surface area contributed by atoms with Gasteiger partial charge in [0, 0.05) is 45.3 Å². The largest absolute Gasteiger partial charge is 0.348 e. The van der Waals surface area contributed by atoms with Crippen molar-refractivity contribution < 1.29 is 4.79 Å². The first-order valence-electron chi connectivity index (χ1n) is 9.98. The van der Waals surface area contributed by atoms with E-state index in [1.807, 2.05) is 31.3 Å². The van der Waals surface area contributed by atoms with Gasteiger partial charge in [0.05, 0.1) is 23.3 Å². The highest BCUT2D eigenvalue weighted by molar-refractivity contribution is 5.92. The van der Waals surface area contributed by atoms with Crippen molar-refractivity contribution in [1.29, 1.82) is 0 Å². The molecular formula is C20H30N6O. The minimum atomic E-state index is -0.0446. The number of likely N-dealkylation sites (tertiary alicyclic amines) is 1. The summed E-state index contributed by atoms with van der Waals surface area (Å²) in [6, 6.07) is 1.88. The fourth-order valence-electron chi connectivity index (χ4n) is 4.84. The molecule has 2 aliphatic heterocycles. The maximum absolute atomic E-state index is 13.0. The van der Waals surface area contributed by atoms with Crippen LogP contribution in [0.5, 0.6) is 0 Å². The van der Waals surface area contributed by atoms with Crippen LogP contribution in [0.4, 0.5) is 0 Å². The van der Waals surface area contributed by atoms with Gasteiger partial charge in [0.15, 0.2) is 0 Å². The first kappa shape index (κ1) is 18.2. The van der Waals surface area contributed by atoms with E-state index in [-0.39, 0.29) is 11.4 Å². The Morgan fingerprint density at radius 2 is 2.04 bits per heavy atom. The van der Waals surface area contributed by atoms with Crippen molar-refractivity contribution in [1.82, 2.24) is 29.5 Å². The Morgan fingerprint density at radius 1 is 1.30 bits per heavy atom. The highest BCUT2D eigenvalue weighted by Crippen LogP contribution is 2.42. The van der Waals surface area contributed by atoms with Crippen LogP contribution in [0, 0.1) is 12.8 Å². The second kappa shape index (κ2) is 6.78. The van der Waals surface area contributed by atoms with Gasteiger partial charge in [0.1, 0.15) is 5.69 Å². The molecule has 1 spiro atoms. The third-order valence-corrected chi connectivity index (χ3v) is 6.08. The second-order valence-corrected chi connectivity index (χ2v) is 8.44. The maximum atomic E-state index is 13.0. The summed E-state index contributed by atoms with van der Waals surface area (Å²) in [7, 11) is 1.84. The van der Waals surface area contributed by atoms with Gasteiger partial charge in [0.25, 0.3) is 5.91 Å². The van der Waals surface area contributed by atoms with E-state index >= 15 is 0 Å². The number of piperidine rings is 1. The summed E-state index contributed by atoms with van der Waals surface area (Å²) < 4.78 is 1.69. The number of carbonyl (C=O) groups is 1. The van der Waals surface area contributed by atoms with Crippen LogP contribution in [0.25, 0.3) is 0 Å². The number of nitrogens with zero attached hydrogens (tertiary/aromatic N) is 5. The number of imidazole rings is 1. The number of hydrogen-bond acceptors (Lipinski definition) is 4. The van der Waals surface area contributed by atoms with Gasteiger partial charge in [-0.3, -0.25) is 14.4 Å². The molecule has 146 valence electrons. The van der Waals surface area contributed by atoms with Crippen LogP contribution in [0.2, 0.25) is 0 Å². The van der Waals surface area contributed by atoms with Crippen LogP contribution >= 0.6 is 0 Å². The van der Waals surface area contributed by atoms with Crippen molar-refractivity contribution in [3.05, 3.63) is 35.2 Å². The Morgan fingerprint density at radius 3 is 2.67 bits per heavy atom. The van der Waals surface area contributed by atoms with E-state index in [1.165, 1.54) is 11.4 Å². The van der Waals surface area contributed by atoms with Crippen LogP contribution in [-0.4, -0.2) is 61.6 Å². The highest BCUT2D eigenvalue weighted by Gasteiger charge is 2.47. The standard InChI is InChI=1S/C20H30N6O/c1-14(2)12-26-8-5-16-18(22-13-21-16)20(26)6-9-25(10-7-20)19(27)17-11-15(3)23-24(17)4/h11,13-14H,5-10,12H2,1-4H3,(H,21,22). The zero-order chi connectivity index (χ0) is 19.2. The van der Waals surface area contributed by atoms with Gasteiger partial charge in [-0.1, -0.05) is 13.8 Å². The van der Waals surface area contributed by atoms with Gasteiger partial charge in [0.2, 0.25) is 0 Å². The van der Waals surface area contributed by atoms with Gasteiger partial charge in [-0.15, -0.1) is 0 Å². The van der Waals surface area contributed by atoms with E-state index < -0.39 is 0 Å². The molecule has 1 amide bonds. The van der Waals surface area contributed by atoms with Crippen molar-refractivity contribution in [2.24, 2.45) is 13.0 Å². The molecule has 4 rings (SSSR count). The smallest absolute Gasteiger partial charge is 0.272 e. The van der Waals surface area contributed by atoms with Gasteiger partial charge < -0.3 is 9.88 Å². The molecule has 1 fully saturated rings. The summed E-state index contributed by atoms with van der Waals surface area (Å²) in [4.78, 5) is 25.7. The molecule has 2 aliphatic rings. The van der Waals surface area contributed by atoms with E-state index in [4.69, 9.17) is 4.98 Å². The van der Waals surface area contributed by atoms with E-state index in [0.29, 0.717) is 11.6 Å². The second-order valence-electron chi connectivity index (χ2n) is 8.44. The predicted molar refractivity (Wildman–Crippen MR) is 103 cm³/mol. The van der Waals surface area contributed by atoms with E-state index in [0.717, 1.165) is 51.1 Å². The maximum Gasteiger partial charge on any atom is 0.272 e. The van der Waals surface area contributed by atoms with Crippen LogP contribution in [0.3, 0.4) is 0 Å². The first-order chi connectivity index (χ1) is 12.9. The predicted octanol–water partition coefficient (Wildman–Crippen LogP) is 2.10. The summed E-state index contributed by atoms with van der Waals surface area (Å²) in [5, 5.41) is 4.32. The number of aromatic nitrogens is 4. The molecule has 0 aliphatic carbocycles. The Hall–Kier alpha value is -2.15. The Bertz CT molecular complexity index is 827. The molecular weight excluding hydrogens is 340 g/mol. The minimum Gasteiger partial charge on any atom is -0.348 e. The molecule has 7 nitrogen and oxygen atoms in total. The Labute approximate surface area is 160 Å². The van der Waals surface area contributed by atoms with Crippen molar-refractivity contribution in [2.75, 3.05) is 26.2 Å². The lowest BCUT2D eigenvalue weighted by Gasteiger charge is -2.51. The molecule has 2 aromatic heterocycles. The molecule has 0 aromatic carbocycles. The number of nitrogens with one attached hydrogen (secondary N) is 1. The average Bonchev–Trinajstić information content (AvgIpc) is 3.24. The number of H-pyrrole nitrogens is 1. The van der Waals surface area contributed by atoms with E-state index in [9.17, 15) is 4.79 Å². The number of fused-ring (bicyclic) bond motifs is 2. The van der Waals surface area contributed by atoms with Crippen LogP contribution < -0.4 is 0 Å². The molecule has 1 N–H and O–H groups in total. The molecule has 0 unspecified atom stereocenters. The van der Waals surface area contributed by atoms with Crippen molar-refractivity contribution in [3.63, 3.8) is 0 Å². The minimum absolute atomic E-state index is 0.0446. The number of aryl methyl sites for hydroxylation is 2. The molecule has 4 heterocycles. The topological polar surface area (TPSA) is 70.1 Å². The zero-order valence-corrected chi connectivity index (χ0v) is 16.8. The molecule has 27 heavy (non-hydrogen) atoms. The van der Waals surface area contributed by atoms with Crippen molar-refractivity contribution in [3.8, 4) is 0 Å². The molecule has 0 saturated carbocycles. The monoisotopic (exact) mass is 370 g/mol. The SMILES string of the molecule is Cc1cc(C(=O)N2CCC3(CC2)c2nc[nH]c2CCN3CC(C)C)n(C)n1. The summed E-state index contributed by atoms with van der Waals surface area (Å²) in [6.07, 6.45) is 4.72. The molecule has 0 bridgehead atoms. The summed E-state index contributed by atoms with van der Waals surface area (Å²) in [6.45, 7) is 10.1. The van der Waals surface area contributed by atoms with Crippen molar-refractivity contribution in [2.45, 2.75) is 45.6 Å². The molecule has 2 aromatic rings. The first-order valence-corrected chi connectivity index (χ1v) is 9.98. The third kappa shape index (κ3) is 3.08. The fraction of sp³-hybridized carbons (Fsp3) is 0.650. The van der Waals surface area contributed by atoms with Crippen LogP contribution in [0.1, 0.15) is 54.3 Å². The molecule has 0 atom stereocenters. The summed E-state index contributed by atoms with van der Waals surface area (Å²) >= 11 is 0. The van der Waals surface area contributed by atoms with Crippen molar-refractivity contribution >= 4 is 5.91 Å². The number of rotatable bonds is 3. The average molecular weight is 371 g/mol. The highest BCUT2D eigenvalue weighted by atomic mass is 16.2. The lowest BCUT2D eigenvalue weighted by molar-refractivity contribution is 0.000330. The van der Waals surface area contributed by atoms with Gasteiger partial charge in [-0.05, 0) is 31.7 Å². The summed E-state index contributed by atoms with van der Waals surface area (Å²) in [5.41, 5.74) is 3.99. The summed E-state index contributed by atoms with van der Waals surface area (Å²) in [5.74, 6) is 0.695. The Balaban J connectivity index is 1.57. The third-order valence-electron chi connectivity index (χ3n) is 6.08. The molecule has 7 heteroatoms. The molecule has 1 saturated heterocycles. The normalized spacial score (nSPS) is 19.7. The lowest BCUT2D eigenvalue weighted by Crippen LogP contribution is -2.57. The lowest BCUT2D eigenvalue weighted by atomic mass is 9.78. The van der Waals surface area contributed by atoms with Gasteiger partial charge in [-0.25, -0.2) is 4.98 Å². The number of amides is 1. The van der Waals surface area contributed by atoms with Crippen LogP contribution in [-0.2, 0) is 19.0 Å².